The van der Waals surface area contributed by atoms with Gasteiger partial charge in [0, 0.05) is 18.3 Å². The number of nitrogens with one attached hydrogen (secondary N) is 1. The van der Waals surface area contributed by atoms with Crippen molar-refractivity contribution in [2.45, 2.75) is 86.9 Å². The van der Waals surface area contributed by atoms with Crippen LogP contribution in [0.3, 0.4) is 0 Å². The van der Waals surface area contributed by atoms with Crippen molar-refractivity contribution in [2.24, 2.45) is 0 Å². The Hall–Kier alpha value is -2.64. The molecule has 2 fully saturated rings. The van der Waals surface area contributed by atoms with Gasteiger partial charge in [0.25, 0.3) is 0 Å². The summed E-state index contributed by atoms with van der Waals surface area (Å²) in [5.74, 6) is 1.39. The number of rotatable bonds is 12. The number of anilines is 1. The molecule has 5 rings (SSSR count). The average Bonchev–Trinajstić information content (AvgIpc) is 3.50. The van der Waals surface area contributed by atoms with Crippen LogP contribution in [-0.4, -0.2) is 130 Å². The van der Waals surface area contributed by atoms with E-state index in [9.17, 15) is 35.7 Å². The number of hydrogen-bond acceptors (Lipinski definition) is 15. The number of hydrogen-bond donors (Lipinski definition) is 9. The molecule has 0 amide bonds. The fraction of sp³-hybridized carbons (Fsp3) is 0.600. The summed E-state index contributed by atoms with van der Waals surface area (Å²) in [5.41, 5.74) is 8.17. The Morgan fingerprint density at radius 1 is 0.822 bits per heavy atom. The van der Waals surface area contributed by atoms with Crippen LogP contribution in [0.15, 0.2) is 42.5 Å². The van der Waals surface area contributed by atoms with Crippen molar-refractivity contribution in [1.82, 2.24) is 5.32 Å². The molecular weight excluding hydrogens is 596 g/mol. The highest BCUT2D eigenvalue weighted by Gasteiger charge is 2.48. The van der Waals surface area contributed by atoms with E-state index in [0.717, 1.165) is 5.56 Å². The van der Waals surface area contributed by atoms with E-state index in [0.29, 0.717) is 29.2 Å². The molecular formula is C30H42N2O13. The van der Waals surface area contributed by atoms with Gasteiger partial charge in [-0.15, -0.1) is 0 Å². The van der Waals surface area contributed by atoms with Gasteiger partial charge in [-0.3, -0.25) is 0 Å². The number of ether oxygens (including phenoxy) is 6. The fourth-order valence-corrected chi connectivity index (χ4v) is 5.48. The average molecular weight is 639 g/mol. The first-order chi connectivity index (χ1) is 21.5. The maximum absolute atomic E-state index is 10.8. The second-order valence-electron chi connectivity index (χ2n) is 11.5. The zero-order valence-corrected chi connectivity index (χ0v) is 24.7. The van der Waals surface area contributed by atoms with Crippen LogP contribution < -0.4 is 20.5 Å². The van der Waals surface area contributed by atoms with Gasteiger partial charge in [0.2, 0.25) is 6.79 Å². The number of aliphatic hydroxyl groups excluding tert-OH is 7. The highest BCUT2D eigenvalue weighted by atomic mass is 16.7. The summed E-state index contributed by atoms with van der Waals surface area (Å²) in [6.07, 6.45) is -15.2. The molecule has 0 bridgehead atoms. The molecule has 10 N–H and O–H groups in total. The van der Waals surface area contributed by atoms with E-state index in [-0.39, 0.29) is 19.4 Å². The summed E-state index contributed by atoms with van der Waals surface area (Å²) in [7, 11) is 0. The first-order valence-electron chi connectivity index (χ1n) is 14.8. The van der Waals surface area contributed by atoms with Gasteiger partial charge in [-0.2, -0.15) is 0 Å². The molecule has 15 nitrogen and oxygen atoms in total. The third-order valence-corrected chi connectivity index (χ3v) is 8.18. The largest absolute Gasteiger partial charge is 0.454 e. The van der Waals surface area contributed by atoms with Crippen LogP contribution in [0.1, 0.15) is 24.2 Å². The Labute approximate surface area is 259 Å². The third kappa shape index (κ3) is 7.85. The van der Waals surface area contributed by atoms with Gasteiger partial charge in [0.15, 0.2) is 24.1 Å². The molecule has 250 valence electrons. The summed E-state index contributed by atoms with van der Waals surface area (Å²) >= 11 is 0. The molecule has 1 unspecified atom stereocenters. The van der Waals surface area contributed by atoms with E-state index in [4.69, 9.17) is 34.2 Å². The zero-order valence-electron chi connectivity index (χ0n) is 24.7. The molecule has 3 aliphatic heterocycles. The SMILES string of the molecule is CC(Cc1ccc2c(c1)OCO2)NC[C@H](O[C@@H]1O[C@H](CO[C@@H]2O[C@H](CO)[C@@H](O)[C@H](O)[C@H]2O)[C@@H](O)[C@H](O)[C@H]1O)c1ccc(N)cc1. The summed E-state index contributed by atoms with van der Waals surface area (Å²) in [4.78, 5) is 0. The predicted octanol–water partition coefficient (Wildman–Crippen LogP) is -2.10. The molecule has 15 heteroatoms. The Morgan fingerprint density at radius 3 is 2.18 bits per heavy atom. The van der Waals surface area contributed by atoms with Crippen molar-refractivity contribution in [3.63, 3.8) is 0 Å². The topological polar surface area (TPSA) is 235 Å². The normalized spacial score (nSPS) is 34.4. The van der Waals surface area contributed by atoms with Crippen molar-refractivity contribution >= 4 is 5.69 Å². The lowest BCUT2D eigenvalue weighted by Gasteiger charge is -2.43. The maximum Gasteiger partial charge on any atom is 0.231 e. The summed E-state index contributed by atoms with van der Waals surface area (Å²) in [6, 6.07) is 12.7. The van der Waals surface area contributed by atoms with Gasteiger partial charge in [-0.25, -0.2) is 0 Å². The highest BCUT2D eigenvalue weighted by Crippen LogP contribution is 2.33. The Balaban J connectivity index is 1.24. The van der Waals surface area contributed by atoms with Gasteiger partial charge in [0.1, 0.15) is 48.8 Å². The molecule has 0 spiro atoms. The van der Waals surface area contributed by atoms with Crippen molar-refractivity contribution in [3.8, 4) is 11.5 Å². The zero-order chi connectivity index (χ0) is 32.2. The third-order valence-electron chi connectivity index (χ3n) is 8.18. The van der Waals surface area contributed by atoms with Crippen LogP contribution in [0, 0.1) is 0 Å². The monoisotopic (exact) mass is 638 g/mol. The molecule has 3 aliphatic rings. The standard InChI is InChI=1S/C30H42N2O13/c1-14(8-15-2-7-18-19(9-15)42-13-41-18)32-10-20(16-3-5-17(31)6-4-16)43-30-28(39)26(37)24(35)22(45-30)12-40-29-27(38)25(36)23(34)21(11-33)44-29/h2-7,9,14,20-30,32-39H,8,10-13,31H2,1H3/t14?,20-,21+,22+,23+,24+,25-,26-,27+,28+,29+,30+/m0/s1. The van der Waals surface area contributed by atoms with Crippen molar-refractivity contribution in [3.05, 3.63) is 53.6 Å². The number of aliphatic hydroxyl groups is 7. The number of nitrogens with two attached hydrogens (primary N) is 1. The van der Waals surface area contributed by atoms with E-state index in [1.165, 1.54) is 0 Å². The van der Waals surface area contributed by atoms with E-state index >= 15 is 0 Å². The molecule has 0 radical (unpaired) electrons. The second kappa shape index (κ2) is 14.8. The number of benzene rings is 2. The number of nitrogen functional groups attached to an aromatic ring is 1. The molecule has 45 heavy (non-hydrogen) atoms. The molecule has 0 aromatic heterocycles. The van der Waals surface area contributed by atoms with Crippen molar-refractivity contribution in [1.29, 1.82) is 0 Å². The van der Waals surface area contributed by atoms with Gasteiger partial charge in [0.05, 0.1) is 19.3 Å². The van der Waals surface area contributed by atoms with E-state index in [2.05, 4.69) is 5.32 Å². The summed E-state index contributed by atoms with van der Waals surface area (Å²) in [6.45, 7) is 1.35. The van der Waals surface area contributed by atoms with Crippen LogP contribution in [0.25, 0.3) is 0 Å². The Kier molecular flexibility index (Phi) is 11.1. The minimum atomic E-state index is -1.68. The number of fused-ring (bicyclic) bond motifs is 1. The first-order valence-corrected chi connectivity index (χ1v) is 14.8. The second-order valence-corrected chi connectivity index (χ2v) is 11.5. The fourth-order valence-electron chi connectivity index (χ4n) is 5.48. The molecule has 3 heterocycles. The lowest BCUT2D eigenvalue weighted by atomic mass is 9.98. The van der Waals surface area contributed by atoms with Gasteiger partial charge in [-0.1, -0.05) is 18.2 Å². The van der Waals surface area contributed by atoms with E-state index in [1.54, 1.807) is 24.3 Å². The van der Waals surface area contributed by atoms with Crippen LogP contribution in [0.4, 0.5) is 5.69 Å². The maximum atomic E-state index is 10.8. The Bertz CT molecular complexity index is 1240. The summed E-state index contributed by atoms with van der Waals surface area (Å²) < 4.78 is 33.8. The van der Waals surface area contributed by atoms with Gasteiger partial charge >= 0.3 is 0 Å². The first kappa shape index (κ1) is 33.7. The molecule has 2 aromatic rings. The lowest BCUT2D eigenvalue weighted by Crippen LogP contribution is -2.62. The summed E-state index contributed by atoms with van der Waals surface area (Å²) in [5, 5.41) is 75.2. The Morgan fingerprint density at radius 2 is 1.47 bits per heavy atom. The molecule has 12 atom stereocenters. The minimum Gasteiger partial charge on any atom is -0.454 e. The molecule has 0 saturated carbocycles. The van der Waals surface area contributed by atoms with Crippen LogP contribution in [0.2, 0.25) is 0 Å². The molecule has 0 aliphatic carbocycles. The molecule has 2 aromatic carbocycles. The smallest absolute Gasteiger partial charge is 0.231 e. The lowest BCUT2D eigenvalue weighted by molar-refractivity contribution is -0.336. The van der Waals surface area contributed by atoms with E-state index < -0.39 is 80.7 Å². The quantitative estimate of drug-likeness (QED) is 0.113. The predicted molar refractivity (Wildman–Crippen MR) is 155 cm³/mol. The van der Waals surface area contributed by atoms with Crippen molar-refractivity contribution < 1.29 is 64.2 Å². The highest BCUT2D eigenvalue weighted by molar-refractivity contribution is 5.44. The molecule has 2 saturated heterocycles. The van der Waals surface area contributed by atoms with Crippen LogP contribution in [0.5, 0.6) is 11.5 Å². The van der Waals surface area contributed by atoms with Gasteiger partial charge < -0.3 is 75.2 Å². The van der Waals surface area contributed by atoms with E-state index in [1.807, 2.05) is 25.1 Å². The minimum absolute atomic E-state index is 0.0189. The van der Waals surface area contributed by atoms with Gasteiger partial charge in [-0.05, 0) is 48.7 Å². The van der Waals surface area contributed by atoms with Crippen molar-refractivity contribution in [2.75, 3.05) is 32.3 Å². The van der Waals surface area contributed by atoms with Crippen LogP contribution in [-0.2, 0) is 25.4 Å². The van der Waals surface area contributed by atoms with Crippen LogP contribution >= 0.6 is 0 Å².